The maximum absolute atomic E-state index is 5.41. The minimum Gasteiger partial charge on any atom is -0.493 e. The van der Waals surface area contributed by atoms with Crippen LogP contribution >= 0.6 is 15.9 Å². The van der Waals surface area contributed by atoms with Gasteiger partial charge in [0, 0.05) is 0 Å². The molecule has 0 atom stereocenters. The molecule has 29 heavy (non-hydrogen) atoms. The molecule has 0 heterocycles. The summed E-state index contributed by atoms with van der Waals surface area (Å²) in [6.45, 7) is 4.24. The summed E-state index contributed by atoms with van der Waals surface area (Å²) in [5.41, 5.74) is 2.65. The van der Waals surface area contributed by atoms with E-state index < -0.39 is 0 Å². The average Bonchev–Trinajstić information content (AvgIpc) is 2.74. The van der Waals surface area contributed by atoms with Crippen molar-refractivity contribution in [2.75, 3.05) is 40.4 Å². The van der Waals surface area contributed by atoms with Gasteiger partial charge in [-0.3, -0.25) is 0 Å². The van der Waals surface area contributed by atoms with Crippen molar-refractivity contribution in [1.29, 1.82) is 0 Å². The maximum Gasteiger partial charge on any atom is 0.174 e. The van der Waals surface area contributed by atoms with E-state index in [-0.39, 0.29) is 0 Å². The molecule has 0 aromatic heterocycles. The van der Waals surface area contributed by atoms with Crippen molar-refractivity contribution in [2.24, 2.45) is 0 Å². The lowest BCUT2D eigenvalue weighted by atomic mass is 10.1. The lowest BCUT2D eigenvalue weighted by Crippen LogP contribution is -2.19. The molecule has 0 aliphatic heterocycles. The molecule has 2 N–H and O–H groups in total. The van der Waals surface area contributed by atoms with Gasteiger partial charge in [-0.2, -0.15) is 0 Å². The standard InChI is InChI=1S/C24H35BrN2O2/c1-28-23-19-21(18-22(25)24(23)29-2)13-17-27-15-9-4-3-8-14-26-16-12-20-10-6-5-7-11-20/h5-7,10-11,18-19,26-27H,3-4,8-9,12-17H2,1-2H3. The number of halogens is 1. The number of benzene rings is 2. The molecule has 0 saturated carbocycles. The van der Waals surface area contributed by atoms with Crippen LogP contribution < -0.4 is 20.1 Å². The second-order valence-corrected chi connectivity index (χ2v) is 8.07. The zero-order chi connectivity index (χ0) is 20.7. The fourth-order valence-corrected chi connectivity index (χ4v) is 3.98. The third-order valence-electron chi connectivity index (χ3n) is 4.97. The van der Waals surface area contributed by atoms with E-state index in [9.17, 15) is 0 Å². The highest BCUT2D eigenvalue weighted by molar-refractivity contribution is 9.10. The Balaban J connectivity index is 1.45. The Bertz CT molecular complexity index is 695. The zero-order valence-corrected chi connectivity index (χ0v) is 19.4. The molecule has 160 valence electrons. The van der Waals surface area contributed by atoms with Crippen LogP contribution in [0.15, 0.2) is 46.9 Å². The van der Waals surface area contributed by atoms with E-state index in [1.807, 2.05) is 0 Å². The van der Waals surface area contributed by atoms with Crippen LogP contribution in [0, 0.1) is 0 Å². The highest BCUT2D eigenvalue weighted by atomic mass is 79.9. The summed E-state index contributed by atoms with van der Waals surface area (Å²) in [4.78, 5) is 0. The molecule has 0 radical (unpaired) electrons. The van der Waals surface area contributed by atoms with Gasteiger partial charge >= 0.3 is 0 Å². The molecule has 0 fully saturated rings. The first kappa shape index (κ1) is 23.7. The highest BCUT2D eigenvalue weighted by Crippen LogP contribution is 2.36. The van der Waals surface area contributed by atoms with Gasteiger partial charge in [-0.25, -0.2) is 0 Å². The van der Waals surface area contributed by atoms with Crippen LogP contribution in [-0.2, 0) is 12.8 Å². The Morgan fingerprint density at radius 3 is 1.93 bits per heavy atom. The quantitative estimate of drug-likeness (QED) is 0.365. The van der Waals surface area contributed by atoms with Gasteiger partial charge in [0.2, 0.25) is 0 Å². The van der Waals surface area contributed by atoms with E-state index >= 15 is 0 Å². The third-order valence-corrected chi connectivity index (χ3v) is 5.56. The molecular formula is C24H35BrN2O2. The van der Waals surface area contributed by atoms with Crippen molar-refractivity contribution >= 4 is 15.9 Å². The molecule has 5 heteroatoms. The van der Waals surface area contributed by atoms with Crippen LogP contribution in [-0.4, -0.2) is 40.4 Å². The van der Waals surface area contributed by atoms with Crippen LogP contribution in [0.5, 0.6) is 11.5 Å². The lowest BCUT2D eigenvalue weighted by Gasteiger charge is -2.12. The van der Waals surface area contributed by atoms with Crippen LogP contribution in [0.4, 0.5) is 0 Å². The average molecular weight is 463 g/mol. The zero-order valence-electron chi connectivity index (χ0n) is 17.8. The predicted molar refractivity (Wildman–Crippen MR) is 125 cm³/mol. The second kappa shape index (κ2) is 14.4. The van der Waals surface area contributed by atoms with Crippen molar-refractivity contribution in [3.63, 3.8) is 0 Å². The number of hydrogen-bond acceptors (Lipinski definition) is 4. The van der Waals surface area contributed by atoms with E-state index in [0.29, 0.717) is 0 Å². The summed E-state index contributed by atoms with van der Waals surface area (Å²) in [6.07, 6.45) is 7.16. The summed E-state index contributed by atoms with van der Waals surface area (Å²) in [5, 5.41) is 7.09. The van der Waals surface area contributed by atoms with Gasteiger partial charge in [0.05, 0.1) is 18.7 Å². The summed E-state index contributed by atoms with van der Waals surface area (Å²) in [6, 6.07) is 14.8. The topological polar surface area (TPSA) is 42.5 Å². The molecule has 0 bridgehead atoms. The SMILES string of the molecule is COc1cc(CCNCCCCCCNCCc2ccccc2)cc(Br)c1OC. The number of nitrogens with one attached hydrogen (secondary N) is 2. The van der Waals surface area contributed by atoms with E-state index in [1.165, 1.54) is 36.8 Å². The van der Waals surface area contributed by atoms with Gasteiger partial charge in [-0.05, 0) is 91.1 Å². The van der Waals surface area contributed by atoms with E-state index in [1.54, 1.807) is 14.2 Å². The monoisotopic (exact) mass is 462 g/mol. The maximum atomic E-state index is 5.41. The molecule has 0 aliphatic carbocycles. The lowest BCUT2D eigenvalue weighted by molar-refractivity contribution is 0.352. The van der Waals surface area contributed by atoms with Crippen LogP contribution in [0.3, 0.4) is 0 Å². The number of unbranched alkanes of at least 4 members (excludes halogenated alkanes) is 3. The number of rotatable bonds is 15. The number of ether oxygens (including phenoxy) is 2. The first-order valence-corrected chi connectivity index (χ1v) is 11.4. The van der Waals surface area contributed by atoms with Gasteiger partial charge in [-0.15, -0.1) is 0 Å². The van der Waals surface area contributed by atoms with Crippen molar-refractivity contribution in [2.45, 2.75) is 38.5 Å². The van der Waals surface area contributed by atoms with Crippen molar-refractivity contribution in [3.8, 4) is 11.5 Å². The molecule has 0 unspecified atom stereocenters. The smallest absolute Gasteiger partial charge is 0.174 e. The first-order valence-electron chi connectivity index (χ1n) is 10.6. The van der Waals surface area contributed by atoms with Gasteiger partial charge in [0.15, 0.2) is 11.5 Å². The molecule has 4 nitrogen and oxygen atoms in total. The second-order valence-electron chi connectivity index (χ2n) is 7.21. The largest absolute Gasteiger partial charge is 0.493 e. The van der Waals surface area contributed by atoms with Gasteiger partial charge in [-0.1, -0.05) is 43.2 Å². The Kier molecular flexibility index (Phi) is 11.8. The summed E-state index contributed by atoms with van der Waals surface area (Å²) in [5.74, 6) is 1.52. The molecule has 2 aromatic rings. The summed E-state index contributed by atoms with van der Waals surface area (Å²) >= 11 is 3.55. The summed E-state index contributed by atoms with van der Waals surface area (Å²) < 4.78 is 11.7. The minimum absolute atomic E-state index is 0.749. The van der Waals surface area contributed by atoms with Crippen LogP contribution in [0.25, 0.3) is 0 Å². The Morgan fingerprint density at radius 2 is 1.34 bits per heavy atom. The number of methoxy groups -OCH3 is 2. The molecular weight excluding hydrogens is 428 g/mol. The fourth-order valence-electron chi connectivity index (χ4n) is 3.33. The molecule has 2 aromatic carbocycles. The van der Waals surface area contributed by atoms with Gasteiger partial charge in [0.1, 0.15) is 0 Å². The molecule has 0 amide bonds. The molecule has 0 aliphatic rings. The molecule has 0 saturated heterocycles. The predicted octanol–water partition coefficient (Wildman–Crippen LogP) is 4.99. The minimum atomic E-state index is 0.749. The van der Waals surface area contributed by atoms with Crippen molar-refractivity contribution in [1.82, 2.24) is 10.6 Å². The Morgan fingerprint density at radius 1 is 0.724 bits per heavy atom. The van der Waals surface area contributed by atoms with E-state index in [2.05, 4.69) is 69.0 Å². The third kappa shape index (κ3) is 9.20. The Labute approximate surface area is 184 Å². The molecule has 2 rings (SSSR count). The Hall–Kier alpha value is -1.56. The highest BCUT2D eigenvalue weighted by Gasteiger charge is 2.10. The fraction of sp³-hybridized carbons (Fsp3) is 0.500. The van der Waals surface area contributed by atoms with Gasteiger partial charge in [0.25, 0.3) is 0 Å². The van der Waals surface area contributed by atoms with Gasteiger partial charge < -0.3 is 20.1 Å². The van der Waals surface area contributed by atoms with Crippen molar-refractivity contribution < 1.29 is 9.47 Å². The number of hydrogen-bond donors (Lipinski definition) is 2. The van der Waals surface area contributed by atoms with E-state index in [0.717, 1.165) is 55.0 Å². The molecule has 0 spiro atoms. The van der Waals surface area contributed by atoms with Crippen LogP contribution in [0.2, 0.25) is 0 Å². The van der Waals surface area contributed by atoms with E-state index in [4.69, 9.17) is 9.47 Å². The normalized spacial score (nSPS) is 10.9. The van der Waals surface area contributed by atoms with Crippen molar-refractivity contribution in [3.05, 3.63) is 58.1 Å². The van der Waals surface area contributed by atoms with Crippen LogP contribution in [0.1, 0.15) is 36.8 Å². The first-order chi connectivity index (χ1) is 14.2. The summed E-state index contributed by atoms with van der Waals surface area (Å²) in [7, 11) is 3.33.